The molecule has 10 heavy (non-hydrogen) atoms. The highest BCUT2D eigenvalue weighted by molar-refractivity contribution is 7.47. The molecular formula is C8H10ClP. The average Bonchev–Trinajstić information content (AvgIpc) is 1.94. The molecule has 0 aliphatic carbocycles. The van der Waals surface area contributed by atoms with Gasteiger partial charge in [-0.05, 0) is 17.5 Å². The van der Waals surface area contributed by atoms with E-state index in [9.17, 15) is 0 Å². The van der Waals surface area contributed by atoms with E-state index in [0.29, 0.717) is 0 Å². The highest BCUT2D eigenvalue weighted by Gasteiger charge is 1.94. The van der Waals surface area contributed by atoms with Crippen molar-refractivity contribution in [1.82, 2.24) is 0 Å². The van der Waals surface area contributed by atoms with Gasteiger partial charge in [-0.15, -0.1) is 0 Å². The topological polar surface area (TPSA) is 0 Å². The molecule has 0 aliphatic heterocycles. The third-order valence-electron chi connectivity index (χ3n) is 1.24. The van der Waals surface area contributed by atoms with Crippen LogP contribution in [0.15, 0.2) is 24.3 Å². The molecule has 1 aromatic rings. The third-order valence-corrected chi connectivity index (χ3v) is 2.90. The molecule has 1 unspecified atom stereocenters. The van der Waals surface area contributed by atoms with Crippen molar-refractivity contribution >= 4 is 25.5 Å². The number of hydrogen-bond acceptors (Lipinski definition) is 0. The fourth-order valence-corrected chi connectivity index (χ4v) is 1.98. The van der Waals surface area contributed by atoms with Gasteiger partial charge in [0.05, 0.1) is 0 Å². The molecule has 2 heteroatoms. The van der Waals surface area contributed by atoms with E-state index in [1.165, 1.54) is 11.5 Å². The lowest BCUT2D eigenvalue weighted by Gasteiger charge is -1.99. The van der Waals surface area contributed by atoms with Crippen LogP contribution >= 0.6 is 20.2 Å². The van der Waals surface area contributed by atoms with Crippen molar-refractivity contribution in [2.75, 3.05) is 6.16 Å². The molecule has 0 fully saturated rings. The molecule has 0 nitrogen and oxygen atoms in total. The summed E-state index contributed by atoms with van der Waals surface area (Å²) in [6.07, 6.45) is 1.18. The van der Waals surface area contributed by atoms with E-state index in [1.807, 2.05) is 18.2 Å². The Morgan fingerprint density at radius 1 is 1.40 bits per heavy atom. The van der Waals surface area contributed by atoms with Crippen LogP contribution in [-0.2, 0) is 0 Å². The summed E-state index contributed by atoms with van der Waals surface area (Å²) in [6, 6.07) is 8.03. The predicted molar refractivity (Wildman–Crippen MR) is 49.9 cm³/mol. The van der Waals surface area contributed by atoms with Crippen molar-refractivity contribution in [3.63, 3.8) is 0 Å². The van der Waals surface area contributed by atoms with Crippen LogP contribution in [0.1, 0.15) is 6.92 Å². The van der Waals surface area contributed by atoms with Gasteiger partial charge in [-0.3, -0.25) is 0 Å². The second-order valence-electron chi connectivity index (χ2n) is 2.01. The Morgan fingerprint density at radius 2 is 2.10 bits per heavy atom. The van der Waals surface area contributed by atoms with Crippen molar-refractivity contribution < 1.29 is 0 Å². The summed E-state index contributed by atoms with van der Waals surface area (Å²) in [7, 11) is 0.854. The average molecular weight is 173 g/mol. The van der Waals surface area contributed by atoms with Gasteiger partial charge in [0.15, 0.2) is 0 Å². The quantitative estimate of drug-likeness (QED) is 0.602. The van der Waals surface area contributed by atoms with Gasteiger partial charge in [0.2, 0.25) is 0 Å². The number of benzene rings is 1. The smallest absolute Gasteiger partial charge is 0.0480 e. The van der Waals surface area contributed by atoms with Crippen LogP contribution in [0.3, 0.4) is 0 Å². The van der Waals surface area contributed by atoms with E-state index >= 15 is 0 Å². The van der Waals surface area contributed by atoms with Gasteiger partial charge < -0.3 is 0 Å². The standard InChI is InChI=1S/C8H10ClP/c1-2-10-8-6-4-3-5-7(8)9/h3-6,10H,2H2,1H3. The summed E-state index contributed by atoms with van der Waals surface area (Å²) in [5, 5.41) is 2.19. The largest absolute Gasteiger partial charge is 0.0890 e. The van der Waals surface area contributed by atoms with Crippen LogP contribution in [0.2, 0.25) is 5.02 Å². The molecule has 0 spiro atoms. The van der Waals surface area contributed by atoms with Crippen molar-refractivity contribution in [2.24, 2.45) is 0 Å². The molecule has 0 heterocycles. The van der Waals surface area contributed by atoms with Crippen LogP contribution in [0.4, 0.5) is 0 Å². The van der Waals surface area contributed by atoms with E-state index in [4.69, 9.17) is 11.6 Å². The Labute approximate surface area is 68.4 Å². The molecule has 0 bridgehead atoms. The summed E-state index contributed by atoms with van der Waals surface area (Å²) >= 11 is 5.91. The molecule has 1 aromatic carbocycles. The van der Waals surface area contributed by atoms with E-state index in [1.54, 1.807) is 0 Å². The highest BCUT2D eigenvalue weighted by Crippen LogP contribution is 2.15. The minimum Gasteiger partial charge on any atom is -0.0890 e. The lowest BCUT2D eigenvalue weighted by Crippen LogP contribution is -1.94. The van der Waals surface area contributed by atoms with Crippen LogP contribution < -0.4 is 5.30 Å². The van der Waals surface area contributed by atoms with Gasteiger partial charge in [-0.2, -0.15) is 0 Å². The van der Waals surface area contributed by atoms with Crippen LogP contribution in [-0.4, -0.2) is 6.16 Å². The highest BCUT2D eigenvalue weighted by atomic mass is 35.5. The van der Waals surface area contributed by atoms with Crippen LogP contribution in [0.5, 0.6) is 0 Å². The van der Waals surface area contributed by atoms with Gasteiger partial charge in [-0.1, -0.05) is 45.3 Å². The molecule has 0 aliphatic rings. The number of hydrogen-bond donors (Lipinski definition) is 0. The minimum absolute atomic E-state index is 0.854. The maximum atomic E-state index is 5.91. The molecule has 1 atom stereocenters. The zero-order valence-corrected chi connectivity index (χ0v) is 7.65. The Hall–Kier alpha value is -0.0600. The van der Waals surface area contributed by atoms with E-state index in [0.717, 1.165) is 13.6 Å². The third kappa shape index (κ3) is 1.97. The first kappa shape index (κ1) is 8.04. The SMILES string of the molecule is CCPc1ccccc1Cl. The zero-order valence-electron chi connectivity index (χ0n) is 5.89. The zero-order chi connectivity index (χ0) is 7.40. The monoisotopic (exact) mass is 172 g/mol. The van der Waals surface area contributed by atoms with Gasteiger partial charge in [0.1, 0.15) is 0 Å². The van der Waals surface area contributed by atoms with Gasteiger partial charge in [-0.25, -0.2) is 0 Å². The summed E-state index contributed by atoms with van der Waals surface area (Å²) < 4.78 is 0. The van der Waals surface area contributed by atoms with Gasteiger partial charge in [0.25, 0.3) is 0 Å². The fourth-order valence-electron chi connectivity index (χ4n) is 0.795. The normalized spacial score (nSPS) is 11.0. The van der Waals surface area contributed by atoms with Crippen LogP contribution in [0, 0.1) is 0 Å². The number of halogens is 1. The summed E-state index contributed by atoms with van der Waals surface area (Å²) in [5.74, 6) is 0. The van der Waals surface area contributed by atoms with Crippen molar-refractivity contribution in [1.29, 1.82) is 0 Å². The van der Waals surface area contributed by atoms with Crippen molar-refractivity contribution in [3.8, 4) is 0 Å². The van der Waals surface area contributed by atoms with Crippen molar-refractivity contribution in [2.45, 2.75) is 6.92 Å². The predicted octanol–water partition coefficient (Wildman–Crippen LogP) is 2.66. The first-order valence-corrected chi connectivity index (χ1v) is 4.91. The van der Waals surface area contributed by atoms with Gasteiger partial charge >= 0.3 is 0 Å². The summed E-state index contributed by atoms with van der Waals surface area (Å²) in [5.41, 5.74) is 0. The lowest BCUT2D eigenvalue weighted by molar-refractivity contribution is 1.52. The van der Waals surface area contributed by atoms with E-state index < -0.39 is 0 Å². The Bertz CT molecular complexity index is 210. The summed E-state index contributed by atoms with van der Waals surface area (Å²) in [6.45, 7) is 2.17. The molecule has 54 valence electrons. The minimum atomic E-state index is 0.854. The van der Waals surface area contributed by atoms with Crippen molar-refractivity contribution in [3.05, 3.63) is 29.3 Å². The fraction of sp³-hybridized carbons (Fsp3) is 0.250. The summed E-state index contributed by atoms with van der Waals surface area (Å²) in [4.78, 5) is 0. The molecule has 0 N–H and O–H groups in total. The lowest BCUT2D eigenvalue weighted by atomic mass is 10.4. The van der Waals surface area contributed by atoms with Gasteiger partial charge in [0, 0.05) is 5.02 Å². The molecule has 0 saturated heterocycles. The van der Waals surface area contributed by atoms with E-state index in [2.05, 4.69) is 13.0 Å². The second-order valence-corrected chi connectivity index (χ2v) is 4.02. The first-order valence-electron chi connectivity index (χ1n) is 3.33. The Morgan fingerprint density at radius 3 is 2.70 bits per heavy atom. The second kappa shape index (κ2) is 3.95. The first-order chi connectivity index (χ1) is 4.84. The number of rotatable bonds is 2. The molecule has 0 amide bonds. The Kier molecular flexibility index (Phi) is 3.18. The Balaban J connectivity index is 2.81. The molecule has 0 saturated carbocycles. The maximum absolute atomic E-state index is 5.91. The molecular weight excluding hydrogens is 163 g/mol. The van der Waals surface area contributed by atoms with Crippen LogP contribution in [0.25, 0.3) is 0 Å². The molecule has 0 radical (unpaired) electrons. The molecule has 0 aromatic heterocycles. The van der Waals surface area contributed by atoms with E-state index in [-0.39, 0.29) is 0 Å². The molecule has 1 rings (SSSR count). The maximum Gasteiger partial charge on any atom is 0.0480 e.